The Morgan fingerprint density at radius 1 is 0.500 bits per heavy atom. The molecule has 0 aliphatic heterocycles. The minimum atomic E-state index is -1.75. The van der Waals surface area contributed by atoms with Gasteiger partial charge in [0, 0.05) is 0 Å². The van der Waals surface area contributed by atoms with Gasteiger partial charge in [-0.25, -0.2) is 0 Å². The normalized spacial score (nSPS) is 13.7. The molecule has 1 aromatic carbocycles. The smallest absolute Gasteiger partial charge is 0.0917 e. The summed E-state index contributed by atoms with van der Waals surface area (Å²) in [5, 5.41) is 1.61. The summed E-state index contributed by atoms with van der Waals surface area (Å²) in [5.74, 6) is 0. The minimum absolute atomic E-state index is 1.26. The lowest BCUT2D eigenvalue weighted by Gasteiger charge is -2.26. The van der Waals surface area contributed by atoms with Gasteiger partial charge in [-0.2, -0.15) is 0 Å². The van der Waals surface area contributed by atoms with E-state index in [-0.39, 0.29) is 0 Å². The Labute approximate surface area is 215 Å². The maximum Gasteiger partial charge on any atom is 0.133 e. The van der Waals surface area contributed by atoms with E-state index in [1.807, 2.05) is 0 Å². The molecule has 0 bridgehead atoms. The monoisotopic (exact) mass is 482 g/mol. The molecule has 34 heavy (non-hydrogen) atoms. The van der Waals surface area contributed by atoms with Crippen LogP contribution in [0.4, 0.5) is 0 Å². The van der Waals surface area contributed by atoms with Crippen molar-refractivity contribution >= 4 is 13.3 Å². The van der Waals surface area contributed by atoms with E-state index >= 15 is 0 Å². The summed E-state index contributed by atoms with van der Waals surface area (Å²) in [6.45, 7) is 6.93. The highest BCUT2D eigenvalue weighted by Crippen LogP contribution is 2.21. The van der Waals surface area contributed by atoms with Crippen molar-refractivity contribution in [3.05, 3.63) is 53.9 Å². The van der Waals surface area contributed by atoms with Crippen LogP contribution in [0.5, 0.6) is 0 Å². The van der Waals surface area contributed by atoms with Crippen molar-refractivity contribution in [3.8, 4) is 0 Å². The largest absolute Gasteiger partial charge is 0.133 e. The number of hydrogen-bond donors (Lipinski definition) is 0. The molecule has 0 amide bonds. The van der Waals surface area contributed by atoms with Crippen LogP contribution in [0.15, 0.2) is 53.9 Å². The van der Waals surface area contributed by atoms with Gasteiger partial charge in [-0.15, -0.1) is 0 Å². The average Bonchev–Trinajstić information content (AvgIpc) is 2.87. The van der Waals surface area contributed by atoms with Crippen LogP contribution in [-0.2, 0) is 0 Å². The van der Waals surface area contributed by atoms with E-state index in [0.29, 0.717) is 0 Å². The standard InChI is InChI=1S/C33H58Si/c1-4-7-10-13-15-16-18-21-27-32-34(30-25-19-12-9-6-3,33-28-23-22-24-29-33)31-26-20-17-14-11-8-5-2/h22-24,26-29,31-32H,4-21,25,30H2,1-3H3/b31-26+,32-27+. The summed E-state index contributed by atoms with van der Waals surface area (Å²) in [5.41, 5.74) is 5.43. The maximum atomic E-state index is 2.72. The highest BCUT2D eigenvalue weighted by atomic mass is 28.3. The minimum Gasteiger partial charge on any atom is -0.0917 e. The van der Waals surface area contributed by atoms with Crippen molar-refractivity contribution in [3.63, 3.8) is 0 Å². The Bertz CT molecular complexity index is 602. The van der Waals surface area contributed by atoms with Crippen LogP contribution in [0.1, 0.15) is 143 Å². The molecule has 1 aromatic rings. The van der Waals surface area contributed by atoms with Gasteiger partial charge in [0.05, 0.1) is 0 Å². The Hall–Kier alpha value is -1.08. The van der Waals surface area contributed by atoms with E-state index in [4.69, 9.17) is 0 Å². The molecule has 0 radical (unpaired) electrons. The summed E-state index contributed by atoms with van der Waals surface area (Å²) in [6.07, 6.45) is 31.2. The van der Waals surface area contributed by atoms with Crippen molar-refractivity contribution < 1.29 is 0 Å². The van der Waals surface area contributed by atoms with E-state index in [1.54, 1.807) is 5.19 Å². The lowest BCUT2D eigenvalue weighted by Crippen LogP contribution is -2.44. The Balaban J connectivity index is 2.78. The molecule has 0 saturated heterocycles. The van der Waals surface area contributed by atoms with Crippen molar-refractivity contribution in [2.24, 2.45) is 0 Å². The van der Waals surface area contributed by atoms with Gasteiger partial charge in [0.15, 0.2) is 0 Å². The van der Waals surface area contributed by atoms with Crippen LogP contribution >= 0.6 is 0 Å². The maximum absolute atomic E-state index is 2.72. The van der Waals surface area contributed by atoms with Gasteiger partial charge in [0.25, 0.3) is 0 Å². The van der Waals surface area contributed by atoms with Gasteiger partial charge >= 0.3 is 0 Å². The second-order valence-corrected chi connectivity index (χ2v) is 14.3. The average molecular weight is 483 g/mol. The Morgan fingerprint density at radius 3 is 1.38 bits per heavy atom. The van der Waals surface area contributed by atoms with Gasteiger partial charge in [-0.05, 0) is 31.7 Å². The molecule has 1 unspecified atom stereocenters. The molecule has 1 heteroatoms. The van der Waals surface area contributed by atoms with E-state index in [2.05, 4.69) is 74.7 Å². The zero-order valence-corrected chi connectivity index (χ0v) is 24.3. The molecule has 0 aliphatic carbocycles. The molecule has 0 fully saturated rings. The van der Waals surface area contributed by atoms with Crippen LogP contribution in [0.2, 0.25) is 6.04 Å². The van der Waals surface area contributed by atoms with Gasteiger partial charge in [-0.3, -0.25) is 0 Å². The lowest BCUT2D eigenvalue weighted by atomic mass is 10.1. The molecular formula is C33H58Si. The molecule has 0 nitrogen and oxygen atoms in total. The van der Waals surface area contributed by atoms with Gasteiger partial charge in [0.1, 0.15) is 8.07 Å². The number of allylic oxidation sites excluding steroid dienone is 2. The summed E-state index contributed by atoms with van der Waals surface area (Å²) in [6, 6.07) is 12.9. The fraction of sp³-hybridized carbons (Fsp3) is 0.697. The summed E-state index contributed by atoms with van der Waals surface area (Å²) in [7, 11) is -1.75. The highest BCUT2D eigenvalue weighted by molar-refractivity contribution is 6.99. The van der Waals surface area contributed by atoms with Gasteiger partial charge in [0.2, 0.25) is 0 Å². The zero-order chi connectivity index (χ0) is 24.6. The third-order valence-corrected chi connectivity index (χ3v) is 11.5. The molecule has 1 atom stereocenters. The predicted molar refractivity (Wildman–Crippen MR) is 160 cm³/mol. The van der Waals surface area contributed by atoms with Crippen LogP contribution in [0.3, 0.4) is 0 Å². The van der Waals surface area contributed by atoms with E-state index < -0.39 is 8.07 Å². The number of hydrogen-bond acceptors (Lipinski definition) is 0. The van der Waals surface area contributed by atoms with Crippen molar-refractivity contribution in [1.82, 2.24) is 0 Å². The SMILES string of the molecule is CCCCCCC/C=C/[Si](/C=C/CCCCCCCCC)(CCCCCCC)c1ccccc1. The van der Waals surface area contributed by atoms with E-state index in [1.165, 1.54) is 128 Å². The first-order valence-electron chi connectivity index (χ1n) is 15.2. The number of unbranched alkanes of at least 4 members (excludes halogenated alkanes) is 16. The van der Waals surface area contributed by atoms with Crippen molar-refractivity contribution in [2.75, 3.05) is 0 Å². The summed E-state index contributed by atoms with van der Waals surface area (Å²) >= 11 is 0. The van der Waals surface area contributed by atoms with Crippen LogP contribution < -0.4 is 5.19 Å². The van der Waals surface area contributed by atoms with E-state index in [9.17, 15) is 0 Å². The van der Waals surface area contributed by atoms with Crippen LogP contribution in [0, 0.1) is 0 Å². The summed E-state index contributed by atoms with van der Waals surface area (Å²) < 4.78 is 0. The first-order valence-corrected chi connectivity index (χ1v) is 17.6. The topological polar surface area (TPSA) is 0 Å². The molecule has 0 spiro atoms. The lowest BCUT2D eigenvalue weighted by molar-refractivity contribution is 0.592. The fourth-order valence-corrected chi connectivity index (χ4v) is 8.94. The van der Waals surface area contributed by atoms with Crippen molar-refractivity contribution in [1.29, 1.82) is 0 Å². The number of benzene rings is 1. The zero-order valence-electron chi connectivity index (χ0n) is 23.3. The molecular weight excluding hydrogens is 424 g/mol. The highest BCUT2D eigenvalue weighted by Gasteiger charge is 2.28. The molecule has 0 N–H and O–H groups in total. The molecule has 1 rings (SSSR count). The predicted octanol–water partition coefficient (Wildman–Crippen LogP) is 11.0. The summed E-state index contributed by atoms with van der Waals surface area (Å²) in [4.78, 5) is 0. The second-order valence-electron chi connectivity index (χ2n) is 10.5. The van der Waals surface area contributed by atoms with Gasteiger partial charge < -0.3 is 0 Å². The first-order chi connectivity index (χ1) is 16.8. The third-order valence-electron chi connectivity index (χ3n) is 7.28. The van der Waals surface area contributed by atoms with Crippen LogP contribution in [-0.4, -0.2) is 8.07 Å². The molecule has 194 valence electrons. The molecule has 0 aliphatic rings. The third kappa shape index (κ3) is 15.0. The Kier molecular flexibility index (Phi) is 20.4. The number of rotatable bonds is 23. The second kappa shape index (κ2) is 22.4. The quantitative estimate of drug-likeness (QED) is 0.107. The molecule has 0 aromatic heterocycles. The van der Waals surface area contributed by atoms with Gasteiger partial charge in [-0.1, -0.05) is 176 Å². The van der Waals surface area contributed by atoms with Crippen molar-refractivity contribution in [2.45, 2.75) is 149 Å². The van der Waals surface area contributed by atoms with E-state index in [0.717, 1.165) is 0 Å². The Morgan fingerprint density at radius 2 is 0.912 bits per heavy atom. The van der Waals surface area contributed by atoms with Crippen LogP contribution in [0.25, 0.3) is 0 Å². The molecule has 0 heterocycles. The first kappa shape index (κ1) is 30.9. The fourth-order valence-electron chi connectivity index (χ4n) is 5.00. The molecule has 0 saturated carbocycles.